The molecule has 1 aromatic carbocycles. The van der Waals surface area contributed by atoms with Crippen molar-refractivity contribution in [3.63, 3.8) is 0 Å². The zero-order valence-corrected chi connectivity index (χ0v) is 18.6. The van der Waals surface area contributed by atoms with Gasteiger partial charge >= 0.3 is 0 Å². The van der Waals surface area contributed by atoms with E-state index in [2.05, 4.69) is 15.3 Å². The molecule has 1 N–H and O–H groups in total. The lowest BCUT2D eigenvalue weighted by Gasteiger charge is -2.34. The lowest BCUT2D eigenvalue weighted by Crippen LogP contribution is -2.49. The molecule has 32 heavy (non-hydrogen) atoms. The van der Waals surface area contributed by atoms with Crippen LogP contribution in [0.1, 0.15) is 42.9 Å². The van der Waals surface area contributed by atoms with Gasteiger partial charge in [0.25, 0.3) is 11.5 Å². The Kier molecular flexibility index (Phi) is 7.61. The van der Waals surface area contributed by atoms with E-state index in [0.29, 0.717) is 0 Å². The van der Waals surface area contributed by atoms with Crippen LogP contribution >= 0.6 is 23.2 Å². The van der Waals surface area contributed by atoms with Crippen LogP contribution in [0.3, 0.4) is 0 Å². The van der Waals surface area contributed by atoms with Gasteiger partial charge in [0.15, 0.2) is 0 Å². The number of amides is 2. The lowest BCUT2D eigenvalue weighted by molar-refractivity contribution is -0.128. The number of aromatic nitrogens is 2. The Morgan fingerprint density at radius 1 is 1.22 bits per heavy atom. The molecule has 1 aliphatic rings. The number of nitrogens with one attached hydrogen (secondary N) is 1. The zero-order valence-electron chi connectivity index (χ0n) is 17.1. The molecule has 2 atom stereocenters. The summed E-state index contributed by atoms with van der Waals surface area (Å²) in [4.78, 5) is 34.8. The van der Waals surface area contributed by atoms with Crippen LogP contribution in [0.4, 0.5) is 18.9 Å². The van der Waals surface area contributed by atoms with Gasteiger partial charge in [0.1, 0.15) is 12.4 Å². The summed E-state index contributed by atoms with van der Waals surface area (Å²) in [5.74, 6) is -4.69. The molecule has 1 saturated carbocycles. The summed E-state index contributed by atoms with van der Waals surface area (Å²) in [6.07, 6.45) is 3.24. The molecule has 172 valence electrons. The van der Waals surface area contributed by atoms with E-state index in [1.807, 2.05) is 0 Å². The number of halogens is 5. The molecular weight excluding hydrogens is 468 g/mol. The summed E-state index contributed by atoms with van der Waals surface area (Å²) in [5, 5.41) is 2.80. The van der Waals surface area contributed by atoms with Gasteiger partial charge in [0.05, 0.1) is 10.7 Å². The summed E-state index contributed by atoms with van der Waals surface area (Å²) in [7, 11) is 0. The van der Waals surface area contributed by atoms with Crippen LogP contribution in [0.25, 0.3) is 0 Å². The van der Waals surface area contributed by atoms with E-state index in [4.69, 9.17) is 23.2 Å². The molecular formula is C21H21Cl2F3N4O2. The maximum absolute atomic E-state index is 14.0. The van der Waals surface area contributed by atoms with E-state index in [1.165, 1.54) is 24.8 Å². The highest BCUT2D eigenvalue weighted by molar-refractivity contribution is 6.36. The SMILES string of the molecule is Cc1ccc(N(C(=O)[C@H](F)Cl)[C@H](C(=O)NC2CCC(F)(F)CC2)c2cncnc2)c(Cl)c1. The molecule has 3 rings (SSSR count). The molecule has 0 unspecified atom stereocenters. The highest BCUT2D eigenvalue weighted by Crippen LogP contribution is 2.36. The van der Waals surface area contributed by atoms with E-state index in [-0.39, 0.29) is 42.0 Å². The summed E-state index contributed by atoms with van der Waals surface area (Å²) in [5.41, 5.74) is -1.44. The fourth-order valence-electron chi connectivity index (χ4n) is 3.63. The molecule has 1 heterocycles. The molecule has 2 amide bonds. The van der Waals surface area contributed by atoms with E-state index < -0.39 is 35.5 Å². The van der Waals surface area contributed by atoms with Gasteiger partial charge in [0.2, 0.25) is 11.8 Å². The number of benzene rings is 1. The highest BCUT2D eigenvalue weighted by Gasteiger charge is 2.40. The first kappa shape index (κ1) is 24.3. The Balaban J connectivity index is 2.01. The monoisotopic (exact) mass is 488 g/mol. The van der Waals surface area contributed by atoms with Crippen LogP contribution in [0.5, 0.6) is 0 Å². The smallest absolute Gasteiger partial charge is 0.278 e. The maximum Gasteiger partial charge on any atom is 0.278 e. The number of nitrogens with zero attached hydrogens (tertiary/aromatic N) is 3. The van der Waals surface area contributed by atoms with Gasteiger partial charge < -0.3 is 5.32 Å². The van der Waals surface area contributed by atoms with Gasteiger partial charge in [-0.2, -0.15) is 0 Å². The minimum Gasteiger partial charge on any atom is -0.351 e. The average molecular weight is 489 g/mol. The van der Waals surface area contributed by atoms with Gasteiger partial charge in [-0.25, -0.2) is 23.1 Å². The highest BCUT2D eigenvalue weighted by atomic mass is 35.5. The Hall–Kier alpha value is -2.39. The Labute approximate surface area is 193 Å². The van der Waals surface area contributed by atoms with Crippen molar-refractivity contribution in [1.29, 1.82) is 0 Å². The third-order valence-electron chi connectivity index (χ3n) is 5.25. The van der Waals surface area contributed by atoms with E-state index in [1.54, 1.807) is 19.1 Å². The average Bonchev–Trinajstić information content (AvgIpc) is 2.74. The minimum atomic E-state index is -2.77. The number of carbonyl (C=O) groups is 2. The van der Waals surface area contributed by atoms with Crippen molar-refractivity contribution in [1.82, 2.24) is 15.3 Å². The molecule has 0 radical (unpaired) electrons. The maximum atomic E-state index is 14.0. The van der Waals surface area contributed by atoms with Crippen LogP contribution in [-0.4, -0.2) is 39.4 Å². The van der Waals surface area contributed by atoms with Crippen LogP contribution < -0.4 is 10.2 Å². The first-order valence-electron chi connectivity index (χ1n) is 9.89. The number of hydrogen-bond acceptors (Lipinski definition) is 4. The minimum absolute atomic E-state index is 0.0600. The van der Waals surface area contributed by atoms with E-state index in [9.17, 15) is 22.8 Å². The van der Waals surface area contributed by atoms with Crippen molar-refractivity contribution in [2.75, 3.05) is 4.90 Å². The fraction of sp³-hybridized carbons (Fsp3) is 0.429. The second-order valence-electron chi connectivity index (χ2n) is 7.68. The van der Waals surface area contributed by atoms with E-state index in [0.717, 1.165) is 10.5 Å². The largest absolute Gasteiger partial charge is 0.351 e. The Morgan fingerprint density at radius 2 is 1.84 bits per heavy atom. The number of aryl methyl sites for hydroxylation is 1. The third kappa shape index (κ3) is 5.69. The molecule has 0 aliphatic heterocycles. The van der Waals surface area contributed by atoms with Crippen LogP contribution in [-0.2, 0) is 9.59 Å². The summed E-state index contributed by atoms with van der Waals surface area (Å²) in [6, 6.07) is 2.71. The normalized spacial score (nSPS) is 17.9. The molecule has 0 bridgehead atoms. The van der Waals surface area contributed by atoms with Crippen molar-refractivity contribution in [3.05, 3.63) is 53.1 Å². The second-order valence-corrected chi connectivity index (χ2v) is 8.47. The molecule has 6 nitrogen and oxygen atoms in total. The quantitative estimate of drug-likeness (QED) is 0.595. The van der Waals surface area contributed by atoms with Crippen molar-refractivity contribution in [2.24, 2.45) is 0 Å². The number of rotatable bonds is 6. The molecule has 1 aliphatic carbocycles. The van der Waals surface area contributed by atoms with Gasteiger partial charge in [-0.3, -0.25) is 14.5 Å². The molecule has 1 aromatic heterocycles. The van der Waals surface area contributed by atoms with Crippen LogP contribution in [0, 0.1) is 6.92 Å². The summed E-state index contributed by atoms with van der Waals surface area (Å²) in [6.45, 7) is 1.77. The molecule has 0 saturated heterocycles. The van der Waals surface area contributed by atoms with E-state index >= 15 is 0 Å². The van der Waals surface area contributed by atoms with Gasteiger partial charge in [-0.15, -0.1) is 0 Å². The Morgan fingerprint density at radius 3 is 2.41 bits per heavy atom. The topological polar surface area (TPSA) is 75.2 Å². The predicted molar refractivity (Wildman–Crippen MR) is 115 cm³/mol. The summed E-state index contributed by atoms with van der Waals surface area (Å²) < 4.78 is 41.0. The first-order valence-corrected chi connectivity index (χ1v) is 10.7. The number of hydrogen-bond donors (Lipinski definition) is 1. The number of anilines is 1. The van der Waals surface area contributed by atoms with Gasteiger partial charge in [0, 0.05) is 36.8 Å². The second kappa shape index (κ2) is 10.0. The van der Waals surface area contributed by atoms with Crippen LogP contribution in [0.2, 0.25) is 5.02 Å². The molecule has 0 spiro atoms. The first-order chi connectivity index (χ1) is 15.1. The lowest BCUT2D eigenvalue weighted by atomic mass is 9.92. The van der Waals surface area contributed by atoms with Crippen molar-refractivity contribution in [2.45, 2.75) is 56.2 Å². The predicted octanol–water partition coefficient (Wildman–Crippen LogP) is 4.74. The van der Waals surface area contributed by atoms with Crippen molar-refractivity contribution >= 4 is 40.7 Å². The van der Waals surface area contributed by atoms with Crippen molar-refractivity contribution < 1.29 is 22.8 Å². The fourth-order valence-corrected chi connectivity index (χ4v) is 4.06. The number of alkyl halides is 4. The Bertz CT molecular complexity index is 969. The molecule has 1 fully saturated rings. The van der Waals surface area contributed by atoms with Crippen LogP contribution in [0.15, 0.2) is 36.9 Å². The van der Waals surface area contributed by atoms with Gasteiger partial charge in [-0.05, 0) is 37.5 Å². The third-order valence-corrected chi connectivity index (χ3v) is 5.74. The van der Waals surface area contributed by atoms with Crippen molar-refractivity contribution in [3.8, 4) is 0 Å². The molecule has 11 heteroatoms. The summed E-state index contributed by atoms with van der Waals surface area (Å²) >= 11 is 11.8. The standard InChI is InChI=1S/C21H21Cl2F3N4O2/c1-12-2-3-16(15(22)8-12)30(20(32)18(23)24)17(13-9-27-11-28-10-13)19(31)29-14-4-6-21(25,26)7-5-14/h2-3,8-11,14,17-18H,4-7H2,1H3,(H,29,31)/t17-,18-/m0/s1. The number of carbonyl (C=O) groups excluding carboxylic acids is 2. The molecule has 2 aromatic rings. The van der Waals surface area contributed by atoms with Gasteiger partial charge in [-0.1, -0.05) is 29.3 Å². The zero-order chi connectivity index (χ0) is 23.5.